The minimum atomic E-state index is -0.436. The van der Waals surface area contributed by atoms with Gasteiger partial charge in [-0.2, -0.15) is 5.10 Å². The number of hydrogen-bond acceptors (Lipinski definition) is 4. The molecular formula is C16H15N3O3. The van der Waals surface area contributed by atoms with Crippen molar-refractivity contribution in [1.82, 2.24) is 5.43 Å². The van der Waals surface area contributed by atoms with E-state index < -0.39 is 4.92 Å². The van der Waals surface area contributed by atoms with Gasteiger partial charge in [0.15, 0.2) is 0 Å². The lowest BCUT2D eigenvalue weighted by Crippen LogP contribution is -2.19. The summed E-state index contributed by atoms with van der Waals surface area (Å²) in [4.78, 5) is 22.4. The molecule has 2 rings (SSSR count). The first-order valence-electron chi connectivity index (χ1n) is 6.64. The average Bonchev–Trinajstić information content (AvgIpc) is 2.53. The summed E-state index contributed by atoms with van der Waals surface area (Å²) in [6, 6.07) is 13.5. The van der Waals surface area contributed by atoms with Crippen LogP contribution < -0.4 is 5.43 Å². The number of hydrazone groups is 1. The van der Waals surface area contributed by atoms with Crippen molar-refractivity contribution in [2.24, 2.45) is 5.10 Å². The van der Waals surface area contributed by atoms with Crippen molar-refractivity contribution in [3.8, 4) is 0 Å². The highest BCUT2D eigenvalue weighted by Crippen LogP contribution is 2.19. The zero-order valence-corrected chi connectivity index (χ0v) is 12.2. The van der Waals surface area contributed by atoms with E-state index in [0.717, 1.165) is 0 Å². The van der Waals surface area contributed by atoms with E-state index in [1.807, 2.05) is 6.07 Å². The fraction of sp³-hybridized carbons (Fsp3) is 0.125. The summed E-state index contributed by atoms with van der Waals surface area (Å²) in [5, 5.41) is 14.9. The first-order valence-corrected chi connectivity index (χ1v) is 6.64. The summed E-state index contributed by atoms with van der Waals surface area (Å²) in [6.45, 7) is 3.35. The first-order chi connectivity index (χ1) is 10.5. The maximum Gasteiger partial charge on any atom is 0.272 e. The molecule has 0 aliphatic carbocycles. The van der Waals surface area contributed by atoms with Gasteiger partial charge in [-0.15, -0.1) is 0 Å². The molecule has 0 unspecified atom stereocenters. The van der Waals surface area contributed by atoms with Crippen molar-refractivity contribution in [3.05, 3.63) is 75.3 Å². The number of amides is 1. The van der Waals surface area contributed by atoms with Gasteiger partial charge >= 0.3 is 0 Å². The minimum Gasteiger partial charge on any atom is -0.267 e. The molecule has 1 N–H and O–H groups in total. The van der Waals surface area contributed by atoms with Crippen LogP contribution in [0.4, 0.5) is 5.69 Å². The Morgan fingerprint density at radius 1 is 1.14 bits per heavy atom. The lowest BCUT2D eigenvalue weighted by molar-refractivity contribution is -0.385. The summed E-state index contributed by atoms with van der Waals surface area (Å²) in [5.74, 6) is -0.332. The first kappa shape index (κ1) is 15.4. The zero-order valence-electron chi connectivity index (χ0n) is 12.2. The number of benzene rings is 2. The second-order valence-corrected chi connectivity index (χ2v) is 4.76. The Morgan fingerprint density at radius 3 is 2.45 bits per heavy atom. The van der Waals surface area contributed by atoms with Crippen molar-refractivity contribution in [1.29, 1.82) is 0 Å². The van der Waals surface area contributed by atoms with E-state index in [9.17, 15) is 14.9 Å². The standard InChI is InChI=1S/C16H15N3O3/c1-11-8-9-14(10-15(11)19(21)22)12(2)17-18-16(20)13-6-4-3-5-7-13/h3-10H,1-2H3,(H,18,20)/b17-12+. The highest BCUT2D eigenvalue weighted by molar-refractivity contribution is 6.01. The van der Waals surface area contributed by atoms with Gasteiger partial charge in [0.2, 0.25) is 0 Å². The molecule has 0 heterocycles. The van der Waals surface area contributed by atoms with Crippen molar-refractivity contribution < 1.29 is 9.72 Å². The fourth-order valence-electron chi connectivity index (χ4n) is 1.88. The molecule has 2 aromatic rings. The Labute approximate surface area is 127 Å². The fourth-order valence-corrected chi connectivity index (χ4v) is 1.88. The summed E-state index contributed by atoms with van der Waals surface area (Å²) in [7, 11) is 0. The van der Waals surface area contributed by atoms with Crippen LogP contribution >= 0.6 is 0 Å². The van der Waals surface area contributed by atoms with Gasteiger partial charge in [0.25, 0.3) is 11.6 Å². The molecule has 0 atom stereocenters. The summed E-state index contributed by atoms with van der Waals surface area (Å²) in [5.41, 5.74) is 4.62. The number of aryl methyl sites for hydroxylation is 1. The Kier molecular flexibility index (Phi) is 4.63. The van der Waals surface area contributed by atoms with Crippen LogP contribution in [0, 0.1) is 17.0 Å². The predicted octanol–water partition coefficient (Wildman–Crippen LogP) is 3.06. The van der Waals surface area contributed by atoms with Crippen molar-refractivity contribution in [3.63, 3.8) is 0 Å². The monoisotopic (exact) mass is 297 g/mol. The van der Waals surface area contributed by atoms with E-state index in [-0.39, 0.29) is 11.6 Å². The van der Waals surface area contributed by atoms with Gasteiger partial charge < -0.3 is 0 Å². The third-order valence-electron chi connectivity index (χ3n) is 3.18. The topological polar surface area (TPSA) is 84.6 Å². The van der Waals surface area contributed by atoms with E-state index in [0.29, 0.717) is 22.4 Å². The van der Waals surface area contributed by atoms with Crippen LogP contribution in [0.15, 0.2) is 53.6 Å². The lowest BCUT2D eigenvalue weighted by atomic mass is 10.1. The largest absolute Gasteiger partial charge is 0.272 e. The average molecular weight is 297 g/mol. The lowest BCUT2D eigenvalue weighted by Gasteiger charge is -2.04. The number of nitro groups is 1. The molecular weight excluding hydrogens is 282 g/mol. The molecule has 6 heteroatoms. The second kappa shape index (κ2) is 6.62. The van der Waals surface area contributed by atoms with Gasteiger partial charge in [-0.3, -0.25) is 14.9 Å². The molecule has 1 amide bonds. The van der Waals surface area contributed by atoms with Crippen LogP contribution in [0.1, 0.15) is 28.4 Å². The van der Waals surface area contributed by atoms with E-state index in [1.54, 1.807) is 50.2 Å². The van der Waals surface area contributed by atoms with Crippen LogP contribution in [-0.4, -0.2) is 16.5 Å². The maximum absolute atomic E-state index is 11.9. The SMILES string of the molecule is C/C(=N\NC(=O)c1ccccc1)c1ccc(C)c([N+](=O)[O-])c1. The number of nitro benzene ring substituents is 1. The van der Waals surface area contributed by atoms with Crippen molar-refractivity contribution in [2.75, 3.05) is 0 Å². The molecule has 6 nitrogen and oxygen atoms in total. The van der Waals surface area contributed by atoms with Gasteiger partial charge in [0.05, 0.1) is 10.6 Å². The number of nitrogens with one attached hydrogen (secondary N) is 1. The van der Waals surface area contributed by atoms with E-state index in [1.165, 1.54) is 6.07 Å². The van der Waals surface area contributed by atoms with Crippen LogP contribution in [0.3, 0.4) is 0 Å². The third-order valence-corrected chi connectivity index (χ3v) is 3.18. The van der Waals surface area contributed by atoms with Crippen LogP contribution in [-0.2, 0) is 0 Å². The highest BCUT2D eigenvalue weighted by atomic mass is 16.6. The molecule has 2 aromatic carbocycles. The third kappa shape index (κ3) is 3.54. The highest BCUT2D eigenvalue weighted by Gasteiger charge is 2.12. The molecule has 0 spiro atoms. The van der Waals surface area contributed by atoms with E-state index >= 15 is 0 Å². The minimum absolute atomic E-state index is 0.0291. The molecule has 0 saturated heterocycles. The molecule has 0 radical (unpaired) electrons. The maximum atomic E-state index is 11.9. The van der Waals surface area contributed by atoms with Gasteiger partial charge in [0, 0.05) is 22.8 Å². The van der Waals surface area contributed by atoms with Gasteiger partial charge in [-0.25, -0.2) is 5.43 Å². The normalized spacial score (nSPS) is 11.1. The van der Waals surface area contributed by atoms with Crippen LogP contribution in [0.25, 0.3) is 0 Å². The number of carbonyl (C=O) groups excluding carboxylic acids is 1. The second-order valence-electron chi connectivity index (χ2n) is 4.76. The number of hydrogen-bond donors (Lipinski definition) is 1. The molecule has 0 aliphatic heterocycles. The number of rotatable bonds is 4. The Bertz CT molecular complexity index is 740. The Hall–Kier alpha value is -3.02. The Balaban J connectivity index is 2.18. The van der Waals surface area contributed by atoms with E-state index in [4.69, 9.17) is 0 Å². The summed E-state index contributed by atoms with van der Waals surface area (Å²) in [6.07, 6.45) is 0. The van der Waals surface area contributed by atoms with E-state index in [2.05, 4.69) is 10.5 Å². The van der Waals surface area contributed by atoms with Crippen molar-refractivity contribution in [2.45, 2.75) is 13.8 Å². The smallest absolute Gasteiger partial charge is 0.267 e. The predicted molar refractivity (Wildman–Crippen MR) is 84.0 cm³/mol. The quantitative estimate of drug-likeness (QED) is 0.534. The van der Waals surface area contributed by atoms with Gasteiger partial charge in [0.1, 0.15) is 0 Å². The summed E-state index contributed by atoms with van der Waals surface area (Å²) < 4.78 is 0. The molecule has 0 saturated carbocycles. The molecule has 22 heavy (non-hydrogen) atoms. The summed E-state index contributed by atoms with van der Waals surface area (Å²) >= 11 is 0. The molecule has 112 valence electrons. The molecule has 0 bridgehead atoms. The number of carbonyl (C=O) groups is 1. The number of nitrogens with zero attached hydrogens (tertiary/aromatic N) is 2. The Morgan fingerprint density at radius 2 is 1.82 bits per heavy atom. The van der Waals surface area contributed by atoms with Gasteiger partial charge in [-0.05, 0) is 26.0 Å². The van der Waals surface area contributed by atoms with Crippen molar-refractivity contribution >= 4 is 17.3 Å². The van der Waals surface area contributed by atoms with Gasteiger partial charge in [-0.1, -0.05) is 30.3 Å². The molecule has 0 fully saturated rings. The molecule has 0 aromatic heterocycles. The van der Waals surface area contributed by atoms with Crippen LogP contribution in [0.5, 0.6) is 0 Å². The molecule has 0 aliphatic rings. The zero-order chi connectivity index (χ0) is 16.1. The van der Waals surface area contributed by atoms with Crippen LogP contribution in [0.2, 0.25) is 0 Å².